The van der Waals surface area contributed by atoms with E-state index in [0.29, 0.717) is 12.6 Å². The third-order valence-electron chi connectivity index (χ3n) is 2.75. The van der Waals surface area contributed by atoms with Gasteiger partial charge in [-0.25, -0.2) is 4.98 Å². The van der Waals surface area contributed by atoms with Crippen LogP contribution in [0.2, 0.25) is 0 Å². The van der Waals surface area contributed by atoms with Crippen LogP contribution in [-0.4, -0.2) is 24.2 Å². The van der Waals surface area contributed by atoms with E-state index in [1.807, 2.05) is 13.8 Å². The summed E-state index contributed by atoms with van der Waals surface area (Å²) < 4.78 is 11.0. The highest BCUT2D eigenvalue weighted by molar-refractivity contribution is 5.05. The zero-order chi connectivity index (χ0) is 10.7. The monoisotopic (exact) mass is 210 g/mol. The summed E-state index contributed by atoms with van der Waals surface area (Å²) in [6.07, 6.45) is 2.72. The Hall–Kier alpha value is -0.870. The van der Waals surface area contributed by atoms with Crippen molar-refractivity contribution in [2.75, 3.05) is 13.2 Å². The molecule has 2 rings (SSSR count). The maximum absolute atomic E-state index is 5.51. The predicted molar refractivity (Wildman–Crippen MR) is 56.7 cm³/mol. The number of nitrogens with zero attached hydrogens (tertiary/aromatic N) is 1. The molecule has 1 aliphatic rings. The van der Waals surface area contributed by atoms with Crippen LogP contribution in [0, 0.1) is 13.8 Å². The number of oxazole rings is 1. The van der Waals surface area contributed by atoms with Gasteiger partial charge in [0.2, 0.25) is 5.89 Å². The van der Waals surface area contributed by atoms with Crippen molar-refractivity contribution in [2.45, 2.75) is 39.3 Å². The molecule has 1 aliphatic heterocycles. The van der Waals surface area contributed by atoms with Crippen molar-refractivity contribution >= 4 is 0 Å². The average Bonchev–Trinajstić information content (AvgIpc) is 2.79. The molecule has 0 spiro atoms. The first-order valence-electron chi connectivity index (χ1n) is 5.51. The summed E-state index contributed by atoms with van der Waals surface area (Å²) in [6.45, 7) is 6.38. The van der Waals surface area contributed by atoms with E-state index in [1.54, 1.807) is 0 Å². The number of nitrogens with one attached hydrogen (secondary N) is 1. The Bertz CT molecular complexity index is 297. The van der Waals surface area contributed by atoms with Gasteiger partial charge in [-0.05, 0) is 26.7 Å². The molecule has 15 heavy (non-hydrogen) atoms. The van der Waals surface area contributed by atoms with Gasteiger partial charge in [0.05, 0.1) is 18.3 Å². The zero-order valence-electron chi connectivity index (χ0n) is 9.38. The second-order valence-electron chi connectivity index (χ2n) is 4.02. The van der Waals surface area contributed by atoms with Crippen LogP contribution in [0.4, 0.5) is 0 Å². The van der Waals surface area contributed by atoms with Crippen LogP contribution in [0.1, 0.15) is 30.2 Å². The van der Waals surface area contributed by atoms with Crippen LogP contribution in [0.5, 0.6) is 0 Å². The van der Waals surface area contributed by atoms with Crippen molar-refractivity contribution in [3.05, 3.63) is 17.3 Å². The first-order valence-corrected chi connectivity index (χ1v) is 5.51. The number of hydrogen-bond donors (Lipinski definition) is 1. The van der Waals surface area contributed by atoms with E-state index in [2.05, 4.69) is 10.3 Å². The molecule has 4 nitrogen and oxygen atoms in total. The van der Waals surface area contributed by atoms with E-state index < -0.39 is 0 Å². The summed E-state index contributed by atoms with van der Waals surface area (Å²) >= 11 is 0. The SMILES string of the molecule is Cc1nc(CNCC2CCCO2)oc1C. The molecule has 1 saturated heterocycles. The normalized spacial score (nSPS) is 21.1. The van der Waals surface area contributed by atoms with Crippen LogP contribution in [0.25, 0.3) is 0 Å². The quantitative estimate of drug-likeness (QED) is 0.819. The summed E-state index contributed by atoms with van der Waals surface area (Å²) in [7, 11) is 0. The van der Waals surface area contributed by atoms with E-state index in [9.17, 15) is 0 Å². The Morgan fingerprint density at radius 1 is 1.47 bits per heavy atom. The van der Waals surface area contributed by atoms with Crippen LogP contribution < -0.4 is 5.32 Å². The highest BCUT2D eigenvalue weighted by atomic mass is 16.5. The van der Waals surface area contributed by atoms with E-state index in [-0.39, 0.29) is 0 Å². The number of aryl methyl sites for hydroxylation is 2. The molecule has 1 N–H and O–H groups in total. The standard InChI is InChI=1S/C11H18N2O2/c1-8-9(2)15-11(13-8)7-12-6-10-4-3-5-14-10/h10,12H,3-7H2,1-2H3. The molecule has 0 aromatic carbocycles. The summed E-state index contributed by atoms with van der Waals surface area (Å²) in [6, 6.07) is 0. The minimum Gasteiger partial charge on any atom is -0.444 e. The molecule has 1 fully saturated rings. The van der Waals surface area contributed by atoms with Crippen molar-refractivity contribution in [1.82, 2.24) is 10.3 Å². The van der Waals surface area contributed by atoms with Crippen LogP contribution in [-0.2, 0) is 11.3 Å². The molecule has 1 atom stereocenters. The predicted octanol–water partition coefficient (Wildman–Crippen LogP) is 1.56. The molecule has 84 valence electrons. The van der Waals surface area contributed by atoms with Crippen molar-refractivity contribution in [1.29, 1.82) is 0 Å². The van der Waals surface area contributed by atoms with Gasteiger partial charge >= 0.3 is 0 Å². The smallest absolute Gasteiger partial charge is 0.208 e. The fourth-order valence-corrected chi connectivity index (χ4v) is 1.76. The van der Waals surface area contributed by atoms with Crippen molar-refractivity contribution < 1.29 is 9.15 Å². The fourth-order valence-electron chi connectivity index (χ4n) is 1.76. The van der Waals surface area contributed by atoms with Gasteiger partial charge < -0.3 is 14.5 Å². The molecule has 0 radical (unpaired) electrons. The first kappa shape index (κ1) is 10.6. The van der Waals surface area contributed by atoms with Gasteiger partial charge in [-0.2, -0.15) is 0 Å². The second kappa shape index (κ2) is 4.77. The number of aromatic nitrogens is 1. The molecule has 1 unspecified atom stereocenters. The molecular formula is C11H18N2O2. The van der Waals surface area contributed by atoms with Gasteiger partial charge in [0.25, 0.3) is 0 Å². The summed E-state index contributed by atoms with van der Waals surface area (Å²) in [5.41, 5.74) is 0.976. The Kier molecular flexibility index (Phi) is 3.38. The van der Waals surface area contributed by atoms with E-state index in [4.69, 9.17) is 9.15 Å². The summed E-state index contributed by atoms with van der Waals surface area (Å²) in [5.74, 6) is 1.67. The van der Waals surface area contributed by atoms with Gasteiger partial charge in [0.15, 0.2) is 0 Å². The molecule has 2 heterocycles. The third-order valence-corrected chi connectivity index (χ3v) is 2.75. The fraction of sp³-hybridized carbons (Fsp3) is 0.727. The molecular weight excluding hydrogens is 192 g/mol. The van der Waals surface area contributed by atoms with Gasteiger partial charge in [0, 0.05) is 13.2 Å². The molecule has 1 aromatic rings. The number of hydrogen-bond acceptors (Lipinski definition) is 4. The van der Waals surface area contributed by atoms with Crippen LogP contribution in [0.15, 0.2) is 4.42 Å². The Balaban J connectivity index is 1.73. The lowest BCUT2D eigenvalue weighted by molar-refractivity contribution is 0.109. The largest absolute Gasteiger partial charge is 0.444 e. The lowest BCUT2D eigenvalue weighted by Crippen LogP contribution is -2.25. The van der Waals surface area contributed by atoms with Crippen molar-refractivity contribution in [3.8, 4) is 0 Å². The Morgan fingerprint density at radius 3 is 2.93 bits per heavy atom. The molecule has 1 aromatic heterocycles. The molecule has 4 heteroatoms. The maximum Gasteiger partial charge on any atom is 0.208 e. The topological polar surface area (TPSA) is 47.3 Å². The zero-order valence-corrected chi connectivity index (χ0v) is 9.38. The lowest BCUT2D eigenvalue weighted by atomic mass is 10.2. The highest BCUT2D eigenvalue weighted by Gasteiger charge is 2.15. The molecule has 0 bridgehead atoms. The summed E-state index contributed by atoms with van der Waals surface area (Å²) in [5, 5.41) is 3.30. The number of ether oxygens (including phenoxy) is 1. The average molecular weight is 210 g/mol. The molecule has 0 saturated carbocycles. The van der Waals surface area contributed by atoms with Gasteiger partial charge in [-0.15, -0.1) is 0 Å². The third kappa shape index (κ3) is 2.79. The molecule has 0 aliphatic carbocycles. The Morgan fingerprint density at radius 2 is 2.33 bits per heavy atom. The highest BCUT2D eigenvalue weighted by Crippen LogP contribution is 2.11. The maximum atomic E-state index is 5.51. The number of rotatable bonds is 4. The van der Waals surface area contributed by atoms with Gasteiger partial charge in [-0.3, -0.25) is 0 Å². The lowest BCUT2D eigenvalue weighted by Gasteiger charge is -2.08. The van der Waals surface area contributed by atoms with E-state index in [1.165, 1.54) is 6.42 Å². The van der Waals surface area contributed by atoms with E-state index in [0.717, 1.165) is 36.9 Å². The minimum atomic E-state index is 0.377. The van der Waals surface area contributed by atoms with Crippen molar-refractivity contribution in [3.63, 3.8) is 0 Å². The minimum absolute atomic E-state index is 0.377. The molecule has 0 amide bonds. The Labute approximate surface area is 90.0 Å². The first-order chi connectivity index (χ1) is 7.25. The summed E-state index contributed by atoms with van der Waals surface area (Å²) in [4.78, 5) is 4.30. The van der Waals surface area contributed by atoms with Crippen LogP contribution in [0.3, 0.4) is 0 Å². The second-order valence-corrected chi connectivity index (χ2v) is 4.02. The van der Waals surface area contributed by atoms with Gasteiger partial charge in [0.1, 0.15) is 5.76 Å². The van der Waals surface area contributed by atoms with E-state index >= 15 is 0 Å². The van der Waals surface area contributed by atoms with Gasteiger partial charge in [-0.1, -0.05) is 0 Å². The van der Waals surface area contributed by atoms with Crippen LogP contribution >= 0.6 is 0 Å². The van der Waals surface area contributed by atoms with Crippen molar-refractivity contribution in [2.24, 2.45) is 0 Å².